The Balaban J connectivity index is 1.50. The third-order valence-electron chi connectivity index (χ3n) is 5.25. The molecular weight excluding hydrogens is 356 g/mol. The van der Waals surface area contributed by atoms with E-state index in [0.717, 1.165) is 29.8 Å². The lowest BCUT2D eigenvalue weighted by Crippen LogP contribution is -2.27. The first-order valence-electron chi connectivity index (χ1n) is 9.89. The number of aryl methyl sites for hydroxylation is 1. The number of nitrogens with zero attached hydrogens (tertiary/aromatic N) is 1. The quantitative estimate of drug-likeness (QED) is 0.781. The minimum absolute atomic E-state index is 0.0353. The standard InChI is InChI=1S/C22H30N2O2S/c1-19-8-4-5-9-21(19)18-27(25,26)23-15-14-20-10-12-22(13-11-20)24-16-6-2-3-7-17-24/h4-5,8-13,23H,2-3,6-7,14-18H2,1H3. The van der Waals surface area contributed by atoms with E-state index in [1.807, 2.05) is 31.2 Å². The van der Waals surface area contributed by atoms with Crippen molar-refractivity contribution in [2.45, 2.75) is 44.8 Å². The van der Waals surface area contributed by atoms with Crippen LogP contribution in [0.25, 0.3) is 0 Å². The third kappa shape index (κ3) is 6.08. The van der Waals surface area contributed by atoms with Gasteiger partial charge in [-0.3, -0.25) is 0 Å². The smallest absolute Gasteiger partial charge is 0.215 e. The van der Waals surface area contributed by atoms with Crippen LogP contribution in [0.3, 0.4) is 0 Å². The lowest BCUT2D eigenvalue weighted by molar-refractivity contribution is 0.580. The topological polar surface area (TPSA) is 49.4 Å². The number of hydrogen-bond acceptors (Lipinski definition) is 3. The van der Waals surface area contributed by atoms with E-state index in [2.05, 4.69) is 33.9 Å². The number of rotatable bonds is 7. The largest absolute Gasteiger partial charge is 0.372 e. The lowest BCUT2D eigenvalue weighted by Gasteiger charge is -2.22. The van der Waals surface area contributed by atoms with E-state index < -0.39 is 10.0 Å². The number of hydrogen-bond donors (Lipinski definition) is 1. The maximum atomic E-state index is 12.3. The molecule has 2 aromatic rings. The van der Waals surface area contributed by atoms with Gasteiger partial charge in [0.15, 0.2) is 0 Å². The monoisotopic (exact) mass is 386 g/mol. The van der Waals surface area contributed by atoms with Gasteiger partial charge in [-0.1, -0.05) is 49.2 Å². The molecule has 0 unspecified atom stereocenters. The molecule has 1 fully saturated rings. The zero-order valence-electron chi connectivity index (χ0n) is 16.2. The molecule has 3 rings (SSSR count). The minimum Gasteiger partial charge on any atom is -0.372 e. The number of sulfonamides is 1. The fourth-order valence-corrected chi connectivity index (χ4v) is 4.83. The second-order valence-corrected chi connectivity index (χ2v) is 9.20. The van der Waals surface area contributed by atoms with Crippen LogP contribution >= 0.6 is 0 Å². The molecule has 1 aliphatic heterocycles. The molecule has 0 spiro atoms. The van der Waals surface area contributed by atoms with E-state index in [4.69, 9.17) is 0 Å². The fraction of sp³-hybridized carbons (Fsp3) is 0.455. The van der Waals surface area contributed by atoms with Gasteiger partial charge in [-0.2, -0.15) is 0 Å². The molecule has 5 heteroatoms. The van der Waals surface area contributed by atoms with Crippen molar-refractivity contribution < 1.29 is 8.42 Å². The molecule has 1 N–H and O–H groups in total. The van der Waals surface area contributed by atoms with E-state index in [0.29, 0.717) is 13.0 Å². The van der Waals surface area contributed by atoms with Crippen LogP contribution in [0, 0.1) is 6.92 Å². The molecule has 0 amide bonds. The molecule has 146 valence electrons. The van der Waals surface area contributed by atoms with Crippen molar-refractivity contribution in [3.63, 3.8) is 0 Å². The average Bonchev–Trinajstić information content (AvgIpc) is 2.93. The van der Waals surface area contributed by atoms with E-state index >= 15 is 0 Å². The van der Waals surface area contributed by atoms with Crippen molar-refractivity contribution in [1.29, 1.82) is 0 Å². The zero-order chi connectivity index (χ0) is 19.1. The second-order valence-electron chi connectivity index (χ2n) is 7.40. The first-order valence-corrected chi connectivity index (χ1v) is 11.5. The van der Waals surface area contributed by atoms with E-state index in [9.17, 15) is 8.42 Å². The van der Waals surface area contributed by atoms with Gasteiger partial charge in [0.25, 0.3) is 0 Å². The van der Waals surface area contributed by atoms with Crippen molar-refractivity contribution in [2.24, 2.45) is 0 Å². The summed E-state index contributed by atoms with van der Waals surface area (Å²) in [5.41, 5.74) is 4.30. The van der Waals surface area contributed by atoms with Crippen molar-refractivity contribution in [2.75, 3.05) is 24.5 Å². The predicted molar refractivity (Wildman–Crippen MR) is 113 cm³/mol. The normalized spacial score (nSPS) is 15.5. The van der Waals surface area contributed by atoms with Crippen molar-refractivity contribution >= 4 is 15.7 Å². The summed E-state index contributed by atoms with van der Waals surface area (Å²) in [6.07, 6.45) is 5.90. The number of anilines is 1. The van der Waals surface area contributed by atoms with Gasteiger partial charge < -0.3 is 4.90 Å². The van der Waals surface area contributed by atoms with E-state index in [1.54, 1.807) is 0 Å². The fourth-order valence-electron chi connectivity index (χ4n) is 3.58. The van der Waals surface area contributed by atoms with Crippen LogP contribution in [0.4, 0.5) is 5.69 Å². The number of benzene rings is 2. The minimum atomic E-state index is -3.31. The highest BCUT2D eigenvalue weighted by molar-refractivity contribution is 7.88. The Morgan fingerprint density at radius 2 is 1.59 bits per heavy atom. The molecule has 4 nitrogen and oxygen atoms in total. The molecule has 0 radical (unpaired) electrons. The first-order chi connectivity index (χ1) is 13.0. The molecule has 0 saturated carbocycles. The first kappa shape index (κ1) is 19.9. The van der Waals surface area contributed by atoms with Crippen molar-refractivity contribution in [3.8, 4) is 0 Å². The summed E-state index contributed by atoms with van der Waals surface area (Å²) in [7, 11) is -3.31. The third-order valence-corrected chi connectivity index (χ3v) is 6.58. The Morgan fingerprint density at radius 3 is 2.26 bits per heavy atom. The highest BCUT2D eigenvalue weighted by Gasteiger charge is 2.13. The zero-order valence-corrected chi connectivity index (χ0v) is 17.0. The molecular formula is C22H30N2O2S. The maximum Gasteiger partial charge on any atom is 0.215 e. The van der Waals surface area contributed by atoms with Crippen molar-refractivity contribution in [1.82, 2.24) is 4.72 Å². The maximum absolute atomic E-state index is 12.3. The van der Waals surface area contributed by atoms with E-state index in [1.165, 1.54) is 31.4 Å². The predicted octanol–water partition coefficient (Wildman–Crippen LogP) is 4.04. The molecule has 1 heterocycles. The molecule has 0 aromatic heterocycles. The number of nitrogens with one attached hydrogen (secondary N) is 1. The SMILES string of the molecule is Cc1ccccc1CS(=O)(=O)NCCc1ccc(N2CCCCCC2)cc1. The molecule has 27 heavy (non-hydrogen) atoms. The Kier molecular flexibility index (Phi) is 6.91. The van der Waals surface area contributed by atoms with Crippen LogP contribution in [-0.2, 0) is 22.2 Å². The van der Waals surface area contributed by atoms with Gasteiger partial charge in [0, 0.05) is 25.3 Å². The van der Waals surface area contributed by atoms with Gasteiger partial charge >= 0.3 is 0 Å². The summed E-state index contributed by atoms with van der Waals surface area (Å²) in [4.78, 5) is 2.46. The highest BCUT2D eigenvalue weighted by atomic mass is 32.2. The Labute approximate surface area is 163 Å². The van der Waals surface area contributed by atoms with Crippen LogP contribution in [0.15, 0.2) is 48.5 Å². The van der Waals surface area contributed by atoms with Gasteiger partial charge in [0.1, 0.15) is 0 Å². The Bertz CT molecular complexity index is 824. The van der Waals surface area contributed by atoms with Gasteiger partial charge in [-0.25, -0.2) is 13.1 Å². The second kappa shape index (κ2) is 9.38. The van der Waals surface area contributed by atoms with E-state index in [-0.39, 0.29) is 5.75 Å². The van der Waals surface area contributed by atoms with Gasteiger partial charge in [-0.05, 0) is 55.0 Å². The molecule has 1 aliphatic rings. The Morgan fingerprint density at radius 1 is 0.926 bits per heavy atom. The van der Waals surface area contributed by atoms with Crippen molar-refractivity contribution in [3.05, 3.63) is 65.2 Å². The van der Waals surface area contributed by atoms with Crippen LogP contribution in [0.5, 0.6) is 0 Å². The lowest BCUT2D eigenvalue weighted by atomic mass is 10.1. The average molecular weight is 387 g/mol. The van der Waals surface area contributed by atoms with Gasteiger partial charge in [0.05, 0.1) is 5.75 Å². The summed E-state index contributed by atoms with van der Waals surface area (Å²) in [5.74, 6) is 0.0353. The highest BCUT2D eigenvalue weighted by Crippen LogP contribution is 2.20. The summed E-state index contributed by atoms with van der Waals surface area (Å²) in [6.45, 7) is 4.64. The Hall–Kier alpha value is -1.85. The van der Waals surface area contributed by atoms with Gasteiger partial charge in [0.2, 0.25) is 10.0 Å². The van der Waals surface area contributed by atoms with Crippen LogP contribution in [0.1, 0.15) is 42.4 Å². The molecule has 0 aliphatic carbocycles. The molecule has 1 saturated heterocycles. The van der Waals surface area contributed by atoms with Gasteiger partial charge in [-0.15, -0.1) is 0 Å². The summed E-state index contributed by atoms with van der Waals surface area (Å²) in [6, 6.07) is 16.2. The summed E-state index contributed by atoms with van der Waals surface area (Å²) in [5, 5.41) is 0. The molecule has 0 atom stereocenters. The van der Waals surface area contributed by atoms with Crippen LogP contribution in [-0.4, -0.2) is 28.1 Å². The van der Waals surface area contributed by atoms with Crippen LogP contribution < -0.4 is 9.62 Å². The summed E-state index contributed by atoms with van der Waals surface area (Å²) >= 11 is 0. The summed E-state index contributed by atoms with van der Waals surface area (Å²) < 4.78 is 27.4. The molecule has 0 bridgehead atoms. The van der Waals surface area contributed by atoms with Crippen LogP contribution in [0.2, 0.25) is 0 Å². The molecule has 2 aromatic carbocycles.